The second kappa shape index (κ2) is 11.9. The normalized spacial score (nSPS) is 23.3. The van der Waals surface area contributed by atoms with Crippen molar-refractivity contribution in [3.8, 4) is 5.75 Å². The Balaban J connectivity index is 1.26. The molecular weight excluding hydrogens is 570 g/mol. The van der Waals surface area contributed by atoms with E-state index in [1.165, 1.54) is 21.9 Å². The highest BCUT2D eigenvalue weighted by Crippen LogP contribution is 2.26. The Morgan fingerprint density at radius 3 is 2.51 bits per heavy atom. The number of rotatable bonds is 8. The van der Waals surface area contributed by atoms with E-state index in [4.69, 9.17) is 16.3 Å². The van der Waals surface area contributed by atoms with Crippen LogP contribution in [0, 0.1) is 0 Å². The van der Waals surface area contributed by atoms with Gasteiger partial charge < -0.3 is 24.7 Å². The summed E-state index contributed by atoms with van der Waals surface area (Å²) in [5, 5.41) is 23.0. The Morgan fingerprint density at radius 1 is 1.07 bits per heavy atom. The Kier molecular flexibility index (Phi) is 8.53. The number of likely N-dealkylation sites (tertiary alicyclic amines) is 2. The topological polar surface area (TPSA) is 136 Å². The number of β-amino-alcohol motifs (C(OH)–C–C–N with tert-alkyl or cyclic N) is 1. The Bertz CT molecular complexity index is 1550. The van der Waals surface area contributed by atoms with Gasteiger partial charge in [0.25, 0.3) is 0 Å². The van der Waals surface area contributed by atoms with Crippen LogP contribution in [0.1, 0.15) is 18.4 Å². The molecule has 0 radical (unpaired) electrons. The van der Waals surface area contributed by atoms with Gasteiger partial charge in [0.1, 0.15) is 17.9 Å². The average molecular weight is 602 g/mol. The largest absolute Gasteiger partial charge is 0.497 e. The molecule has 3 aromatic rings. The zero-order valence-electron chi connectivity index (χ0n) is 22.4. The first-order chi connectivity index (χ1) is 19.6. The van der Waals surface area contributed by atoms with Gasteiger partial charge in [-0.25, -0.2) is 8.42 Å². The van der Waals surface area contributed by atoms with E-state index in [1.807, 2.05) is 12.1 Å². The molecular formula is C29H32ClN3O7S. The molecule has 2 aliphatic rings. The van der Waals surface area contributed by atoms with Gasteiger partial charge in [-0.15, -0.1) is 0 Å². The van der Waals surface area contributed by atoms with Gasteiger partial charge in [-0.05, 0) is 72.0 Å². The minimum absolute atomic E-state index is 0.0229. The monoisotopic (exact) mass is 601 g/mol. The van der Waals surface area contributed by atoms with E-state index < -0.39 is 46.1 Å². The molecule has 3 aromatic carbocycles. The lowest BCUT2D eigenvalue weighted by molar-refractivity contribution is -0.144. The molecule has 0 aromatic heterocycles. The third-order valence-corrected chi connectivity index (χ3v) is 9.44. The summed E-state index contributed by atoms with van der Waals surface area (Å²) in [6, 6.07) is 15.3. The molecule has 5 rings (SSSR count). The number of aliphatic hydroxyl groups excluding tert-OH is 2. The summed E-state index contributed by atoms with van der Waals surface area (Å²) < 4.78 is 34.0. The molecule has 0 spiro atoms. The number of piperidine rings is 1. The van der Waals surface area contributed by atoms with E-state index in [9.17, 15) is 28.2 Å². The van der Waals surface area contributed by atoms with Crippen molar-refractivity contribution in [2.45, 2.75) is 48.4 Å². The summed E-state index contributed by atoms with van der Waals surface area (Å²) in [7, 11) is -2.47. The fourth-order valence-corrected chi connectivity index (χ4v) is 6.92. The fraction of sp³-hybridized carbons (Fsp3) is 0.379. The van der Waals surface area contributed by atoms with E-state index in [0.717, 1.165) is 10.9 Å². The van der Waals surface area contributed by atoms with E-state index >= 15 is 0 Å². The van der Waals surface area contributed by atoms with Crippen molar-refractivity contribution >= 4 is 44.2 Å². The zero-order valence-corrected chi connectivity index (χ0v) is 24.0. The molecule has 0 bridgehead atoms. The first-order valence-corrected chi connectivity index (χ1v) is 15.2. The van der Waals surface area contributed by atoms with Gasteiger partial charge in [0.05, 0.1) is 30.7 Å². The number of ether oxygens (including phenoxy) is 1. The van der Waals surface area contributed by atoms with Crippen LogP contribution in [0.15, 0.2) is 65.6 Å². The maximum atomic E-state index is 13.4. The zero-order chi connectivity index (χ0) is 29.3. The maximum Gasteiger partial charge on any atom is 0.242 e. The fourth-order valence-electron chi connectivity index (χ4n) is 5.48. The number of carbonyl (C=O) groups is 2. The van der Waals surface area contributed by atoms with Gasteiger partial charge in [0.2, 0.25) is 21.8 Å². The number of hydrogen-bond acceptors (Lipinski definition) is 7. The Hall–Kier alpha value is -3.22. The minimum Gasteiger partial charge on any atom is -0.497 e. The molecule has 3 N–H and O–H groups in total. The molecule has 2 amide bonds. The van der Waals surface area contributed by atoms with E-state index in [1.54, 1.807) is 43.5 Å². The standard InChI is InChI=1S/C29H32ClN3O7S/c1-40-22-9-4-18(5-10-22)13-25-28(36)26(34)16-33(25)27(35)17-32-12-2-3-24(29(32)37)31-41(38,39)23-11-7-19-14-21(30)8-6-20(19)15-23/h4-11,14-15,24-26,28,31,34,36H,2-3,12-13,16-17H2,1H3/t24?,25?,26-,28-/m0/s1. The molecule has 4 atom stereocenters. The van der Waals surface area contributed by atoms with E-state index in [2.05, 4.69) is 4.72 Å². The number of aliphatic hydroxyl groups is 2. The van der Waals surface area contributed by atoms with Crippen LogP contribution in [0.25, 0.3) is 10.8 Å². The van der Waals surface area contributed by atoms with Crippen LogP contribution in [0.5, 0.6) is 5.75 Å². The van der Waals surface area contributed by atoms with Gasteiger partial charge in [0.15, 0.2) is 0 Å². The Morgan fingerprint density at radius 2 is 1.78 bits per heavy atom. The molecule has 12 heteroatoms. The number of nitrogens with zero attached hydrogens (tertiary/aromatic N) is 2. The van der Waals surface area contributed by atoms with Crippen LogP contribution in [0.3, 0.4) is 0 Å². The van der Waals surface area contributed by atoms with Crippen LogP contribution in [-0.4, -0.2) is 91.3 Å². The third kappa shape index (κ3) is 6.34. The predicted molar refractivity (Wildman–Crippen MR) is 153 cm³/mol. The molecule has 2 heterocycles. The van der Waals surface area contributed by atoms with Crippen molar-refractivity contribution in [2.75, 3.05) is 26.7 Å². The van der Waals surface area contributed by atoms with Crippen molar-refractivity contribution in [2.24, 2.45) is 0 Å². The maximum absolute atomic E-state index is 13.4. The lowest BCUT2D eigenvalue weighted by atomic mass is 10.0. The highest BCUT2D eigenvalue weighted by molar-refractivity contribution is 7.89. The number of sulfonamides is 1. The number of nitrogens with one attached hydrogen (secondary N) is 1. The first-order valence-electron chi connectivity index (χ1n) is 13.3. The van der Waals surface area contributed by atoms with Crippen molar-refractivity contribution in [3.63, 3.8) is 0 Å². The summed E-state index contributed by atoms with van der Waals surface area (Å²) in [6.45, 7) is -0.0555. The molecule has 0 aliphatic carbocycles. The number of benzene rings is 3. The number of halogens is 1. The van der Waals surface area contributed by atoms with Crippen LogP contribution in [0.4, 0.5) is 0 Å². The molecule has 41 heavy (non-hydrogen) atoms. The molecule has 218 valence electrons. The van der Waals surface area contributed by atoms with Gasteiger partial charge in [0, 0.05) is 18.1 Å². The van der Waals surface area contributed by atoms with Crippen LogP contribution >= 0.6 is 11.6 Å². The van der Waals surface area contributed by atoms with Gasteiger partial charge in [-0.3, -0.25) is 9.59 Å². The molecule has 2 saturated heterocycles. The highest BCUT2D eigenvalue weighted by Gasteiger charge is 2.43. The lowest BCUT2D eigenvalue weighted by Crippen LogP contribution is -2.55. The second-order valence-corrected chi connectivity index (χ2v) is 12.6. The second-order valence-electron chi connectivity index (χ2n) is 10.5. The van der Waals surface area contributed by atoms with Gasteiger partial charge >= 0.3 is 0 Å². The highest BCUT2D eigenvalue weighted by atomic mass is 35.5. The number of hydrogen-bond donors (Lipinski definition) is 3. The summed E-state index contributed by atoms with van der Waals surface area (Å²) in [5.41, 5.74) is 0.849. The molecule has 2 unspecified atom stereocenters. The van der Waals surface area contributed by atoms with Crippen molar-refractivity contribution in [1.29, 1.82) is 0 Å². The summed E-state index contributed by atoms with van der Waals surface area (Å²) in [6.07, 6.45) is -1.15. The molecule has 2 aliphatic heterocycles. The van der Waals surface area contributed by atoms with Crippen LogP contribution in [0.2, 0.25) is 5.02 Å². The van der Waals surface area contributed by atoms with Gasteiger partial charge in [-0.1, -0.05) is 35.9 Å². The van der Waals surface area contributed by atoms with Gasteiger partial charge in [-0.2, -0.15) is 4.72 Å². The summed E-state index contributed by atoms with van der Waals surface area (Å²) in [5.74, 6) is -0.245. The smallest absolute Gasteiger partial charge is 0.242 e. The summed E-state index contributed by atoms with van der Waals surface area (Å²) >= 11 is 6.02. The SMILES string of the molecule is COc1ccc(CC2[C@H](O)[C@@H](O)CN2C(=O)CN2CCCC(NS(=O)(=O)c3ccc4cc(Cl)ccc4c3)C2=O)cc1. The lowest BCUT2D eigenvalue weighted by Gasteiger charge is -2.34. The first kappa shape index (κ1) is 29.3. The van der Waals surface area contributed by atoms with Crippen LogP contribution < -0.4 is 9.46 Å². The quantitative estimate of drug-likeness (QED) is 0.359. The van der Waals surface area contributed by atoms with Crippen molar-refractivity contribution in [1.82, 2.24) is 14.5 Å². The van der Waals surface area contributed by atoms with Crippen LogP contribution in [-0.2, 0) is 26.0 Å². The number of methoxy groups -OCH3 is 1. The van der Waals surface area contributed by atoms with Crippen molar-refractivity contribution in [3.05, 3.63) is 71.2 Å². The predicted octanol–water partition coefficient (Wildman–Crippen LogP) is 1.95. The molecule has 2 fully saturated rings. The Labute approximate surface area is 243 Å². The third-order valence-electron chi connectivity index (χ3n) is 7.73. The van der Waals surface area contributed by atoms with E-state index in [-0.39, 0.29) is 18.0 Å². The minimum atomic E-state index is -4.03. The number of fused-ring (bicyclic) bond motifs is 1. The van der Waals surface area contributed by atoms with E-state index in [0.29, 0.717) is 42.0 Å². The summed E-state index contributed by atoms with van der Waals surface area (Å²) in [4.78, 5) is 29.4. The van der Waals surface area contributed by atoms with Crippen molar-refractivity contribution < 1.29 is 33.0 Å². The number of amides is 2. The molecule has 0 saturated carbocycles. The molecule has 10 nitrogen and oxygen atoms in total. The number of carbonyl (C=O) groups excluding carboxylic acids is 2. The average Bonchev–Trinajstić information content (AvgIpc) is 3.23.